The highest BCUT2D eigenvalue weighted by atomic mass is 16.6. The van der Waals surface area contributed by atoms with Gasteiger partial charge >= 0.3 is 5.97 Å². The number of aliphatic hydroxyl groups excluding tert-OH is 1. The SMILES string of the molecule is CCCCCCCCCOC(=O)CCCCCCCN(CCCCCCCC(O)OC(CCCCCCCC)CCCCCCCC)CCCN1C(=O)COCC1=O. The van der Waals surface area contributed by atoms with Gasteiger partial charge in [0, 0.05) is 13.0 Å². The number of ether oxygens (including phenoxy) is 3. The molecule has 0 aromatic rings. The zero-order valence-electron chi connectivity index (χ0n) is 38.4. The first-order valence-corrected chi connectivity index (χ1v) is 25.0. The Bertz CT molecular complexity index is 918. The summed E-state index contributed by atoms with van der Waals surface area (Å²) in [6, 6.07) is 0. The molecule has 0 bridgehead atoms. The maximum Gasteiger partial charge on any atom is 0.305 e. The van der Waals surface area contributed by atoms with E-state index < -0.39 is 6.29 Å². The summed E-state index contributed by atoms with van der Waals surface area (Å²) in [6.45, 7) is 10.7. The van der Waals surface area contributed by atoms with Crippen molar-refractivity contribution in [2.45, 2.75) is 251 Å². The third-order valence-corrected chi connectivity index (χ3v) is 11.8. The van der Waals surface area contributed by atoms with Gasteiger partial charge in [0.1, 0.15) is 13.2 Å². The van der Waals surface area contributed by atoms with Crippen molar-refractivity contribution in [1.82, 2.24) is 9.80 Å². The van der Waals surface area contributed by atoms with Gasteiger partial charge in [-0.25, -0.2) is 0 Å². The summed E-state index contributed by atoms with van der Waals surface area (Å²) in [4.78, 5) is 40.4. The third-order valence-electron chi connectivity index (χ3n) is 11.8. The molecule has 1 heterocycles. The first-order valence-electron chi connectivity index (χ1n) is 25.0. The van der Waals surface area contributed by atoms with Gasteiger partial charge in [-0.3, -0.25) is 19.3 Å². The van der Waals surface area contributed by atoms with Crippen LogP contribution in [0.25, 0.3) is 0 Å². The molecule has 9 nitrogen and oxygen atoms in total. The van der Waals surface area contributed by atoms with Crippen LogP contribution in [-0.2, 0) is 28.6 Å². The second-order valence-corrected chi connectivity index (χ2v) is 17.4. The summed E-state index contributed by atoms with van der Waals surface area (Å²) >= 11 is 0. The Morgan fingerprint density at radius 1 is 0.569 bits per heavy atom. The zero-order valence-corrected chi connectivity index (χ0v) is 38.4. The van der Waals surface area contributed by atoms with E-state index in [4.69, 9.17) is 14.2 Å². The topological polar surface area (TPSA) is 106 Å². The van der Waals surface area contributed by atoms with Crippen LogP contribution < -0.4 is 0 Å². The molecule has 58 heavy (non-hydrogen) atoms. The molecule has 0 spiro atoms. The number of unbranched alkanes of at least 4 members (excludes halogenated alkanes) is 24. The molecule has 1 fully saturated rings. The minimum absolute atomic E-state index is 0.00546. The van der Waals surface area contributed by atoms with Crippen LogP contribution >= 0.6 is 0 Å². The molecule has 1 aliphatic heterocycles. The highest BCUT2D eigenvalue weighted by molar-refractivity contribution is 5.98. The molecule has 9 heteroatoms. The van der Waals surface area contributed by atoms with Gasteiger partial charge in [0.25, 0.3) is 11.8 Å². The summed E-state index contributed by atoms with van der Waals surface area (Å²) in [5.41, 5.74) is 0. The quantitative estimate of drug-likeness (QED) is 0.0280. The molecule has 1 unspecified atom stereocenters. The lowest BCUT2D eigenvalue weighted by atomic mass is 10.0. The zero-order chi connectivity index (χ0) is 42.2. The Labute approximate surface area is 357 Å². The highest BCUT2D eigenvalue weighted by Gasteiger charge is 2.26. The number of hydrogen-bond acceptors (Lipinski definition) is 8. The van der Waals surface area contributed by atoms with E-state index in [1.165, 1.54) is 114 Å². The van der Waals surface area contributed by atoms with E-state index in [0.717, 1.165) is 122 Å². The van der Waals surface area contributed by atoms with E-state index in [9.17, 15) is 19.5 Å². The van der Waals surface area contributed by atoms with Crippen LogP contribution in [0, 0.1) is 0 Å². The fourth-order valence-corrected chi connectivity index (χ4v) is 8.07. The van der Waals surface area contributed by atoms with E-state index >= 15 is 0 Å². The molecule has 1 rings (SSSR count). The minimum atomic E-state index is -0.653. The number of rotatable bonds is 44. The number of carbonyl (C=O) groups excluding carboxylic acids is 3. The average molecular weight is 823 g/mol. The lowest BCUT2D eigenvalue weighted by Crippen LogP contribution is -2.47. The van der Waals surface area contributed by atoms with Crippen LogP contribution in [0.1, 0.15) is 239 Å². The minimum Gasteiger partial charge on any atom is -0.466 e. The lowest BCUT2D eigenvalue weighted by Gasteiger charge is -2.27. The van der Waals surface area contributed by atoms with Crippen molar-refractivity contribution in [3.63, 3.8) is 0 Å². The maximum absolute atomic E-state index is 12.2. The van der Waals surface area contributed by atoms with Crippen molar-refractivity contribution in [2.75, 3.05) is 46.0 Å². The standard InChI is InChI=1S/C49H94N2O7/c1-4-7-10-13-16-25-32-42-57-48(54)36-28-21-17-23-30-38-50(40-33-41-51-46(52)43-56-44-47(51)53)39-31-24-18-22-29-37-49(55)58-45(34-26-19-14-11-8-5-2)35-27-20-15-12-9-6-3/h45,49,55H,4-44H2,1-3H3. The number of esters is 1. The van der Waals surface area contributed by atoms with Crippen LogP contribution in [0.3, 0.4) is 0 Å². The number of nitrogens with zero attached hydrogens (tertiary/aromatic N) is 2. The third kappa shape index (κ3) is 33.2. The first kappa shape index (κ1) is 54.5. The molecule has 2 amide bonds. The number of carbonyl (C=O) groups is 3. The van der Waals surface area contributed by atoms with E-state index in [0.29, 0.717) is 19.6 Å². The lowest BCUT2D eigenvalue weighted by molar-refractivity contribution is -0.158. The van der Waals surface area contributed by atoms with Gasteiger partial charge in [-0.1, -0.05) is 175 Å². The van der Waals surface area contributed by atoms with Gasteiger partial charge in [0.05, 0.1) is 12.7 Å². The molecule has 1 atom stereocenters. The summed E-state index contributed by atoms with van der Waals surface area (Å²) in [7, 11) is 0. The van der Waals surface area contributed by atoms with Crippen molar-refractivity contribution in [3.8, 4) is 0 Å². The van der Waals surface area contributed by atoms with Gasteiger partial charge < -0.3 is 24.2 Å². The fourth-order valence-electron chi connectivity index (χ4n) is 8.07. The number of hydrogen-bond donors (Lipinski definition) is 1. The van der Waals surface area contributed by atoms with Gasteiger partial charge in [-0.05, 0) is 77.4 Å². The van der Waals surface area contributed by atoms with Gasteiger partial charge in [0.15, 0.2) is 6.29 Å². The predicted molar refractivity (Wildman–Crippen MR) is 240 cm³/mol. The first-order chi connectivity index (χ1) is 28.4. The highest BCUT2D eigenvalue weighted by Crippen LogP contribution is 2.20. The molecule has 342 valence electrons. The summed E-state index contributed by atoms with van der Waals surface area (Å²) in [5, 5.41) is 10.8. The maximum atomic E-state index is 12.2. The van der Waals surface area contributed by atoms with E-state index in [2.05, 4.69) is 25.7 Å². The Morgan fingerprint density at radius 2 is 0.983 bits per heavy atom. The van der Waals surface area contributed by atoms with E-state index in [1.54, 1.807) is 0 Å². The van der Waals surface area contributed by atoms with Crippen molar-refractivity contribution >= 4 is 17.8 Å². The van der Waals surface area contributed by atoms with Crippen molar-refractivity contribution in [1.29, 1.82) is 0 Å². The summed E-state index contributed by atoms with van der Waals surface area (Å²) in [5.74, 6) is -0.512. The van der Waals surface area contributed by atoms with Crippen molar-refractivity contribution in [3.05, 3.63) is 0 Å². The second-order valence-electron chi connectivity index (χ2n) is 17.4. The Morgan fingerprint density at radius 3 is 1.50 bits per heavy atom. The molecule has 0 aliphatic carbocycles. The number of imide groups is 1. The Kier molecular flexibility index (Phi) is 38.3. The van der Waals surface area contributed by atoms with Crippen LogP contribution in [0.5, 0.6) is 0 Å². The monoisotopic (exact) mass is 823 g/mol. The van der Waals surface area contributed by atoms with Gasteiger partial charge in [-0.15, -0.1) is 0 Å². The van der Waals surface area contributed by atoms with E-state index in [1.807, 2.05) is 0 Å². The summed E-state index contributed by atoms with van der Waals surface area (Å²) in [6.07, 6.45) is 38.5. The molecule has 0 radical (unpaired) electrons. The second kappa shape index (κ2) is 40.8. The smallest absolute Gasteiger partial charge is 0.305 e. The Hall–Kier alpha value is -1.55. The van der Waals surface area contributed by atoms with Crippen molar-refractivity contribution < 1.29 is 33.7 Å². The Balaban J connectivity index is 2.34. The number of amides is 2. The van der Waals surface area contributed by atoms with Crippen LogP contribution in [-0.4, -0.2) is 91.1 Å². The largest absolute Gasteiger partial charge is 0.466 e. The number of morpholine rings is 1. The molecule has 1 aliphatic rings. The number of aliphatic hydroxyl groups is 1. The molecule has 1 saturated heterocycles. The van der Waals surface area contributed by atoms with Gasteiger partial charge in [0.2, 0.25) is 0 Å². The normalized spacial score (nSPS) is 14.0. The van der Waals surface area contributed by atoms with E-state index in [-0.39, 0.29) is 37.1 Å². The molecule has 0 aromatic heterocycles. The molecule has 0 aromatic carbocycles. The summed E-state index contributed by atoms with van der Waals surface area (Å²) < 4.78 is 16.8. The van der Waals surface area contributed by atoms with Crippen LogP contribution in [0.15, 0.2) is 0 Å². The van der Waals surface area contributed by atoms with Crippen LogP contribution in [0.4, 0.5) is 0 Å². The molecular formula is C49H94N2O7. The van der Waals surface area contributed by atoms with Crippen molar-refractivity contribution in [2.24, 2.45) is 0 Å². The molecule has 0 saturated carbocycles. The predicted octanol–water partition coefficient (Wildman–Crippen LogP) is 12.2. The van der Waals surface area contributed by atoms with Gasteiger partial charge in [-0.2, -0.15) is 0 Å². The average Bonchev–Trinajstić information content (AvgIpc) is 3.21. The fraction of sp³-hybridized carbons (Fsp3) is 0.939. The molecule has 1 N–H and O–H groups in total. The molecular weight excluding hydrogens is 729 g/mol. The van der Waals surface area contributed by atoms with Crippen LogP contribution in [0.2, 0.25) is 0 Å².